The predicted octanol–water partition coefficient (Wildman–Crippen LogP) is 5.09. The van der Waals surface area contributed by atoms with E-state index in [9.17, 15) is 4.79 Å². The van der Waals surface area contributed by atoms with Gasteiger partial charge in [-0.3, -0.25) is 4.79 Å². The van der Waals surface area contributed by atoms with Crippen molar-refractivity contribution in [3.8, 4) is 22.6 Å². The molecule has 0 bridgehead atoms. The maximum Gasteiger partial charge on any atom is 0.287 e. The predicted molar refractivity (Wildman–Crippen MR) is 117 cm³/mol. The van der Waals surface area contributed by atoms with Crippen molar-refractivity contribution in [1.29, 1.82) is 0 Å². The summed E-state index contributed by atoms with van der Waals surface area (Å²) in [5.41, 5.74) is 3.95. The van der Waals surface area contributed by atoms with Crippen LogP contribution in [0.5, 0.6) is 11.5 Å². The summed E-state index contributed by atoms with van der Waals surface area (Å²) in [6.07, 6.45) is 0.728. The van der Waals surface area contributed by atoms with Crippen LogP contribution in [0.15, 0.2) is 77.2 Å². The maximum atomic E-state index is 12.4. The number of rotatable bonds is 7. The first-order valence-electron chi connectivity index (χ1n) is 9.76. The maximum absolute atomic E-state index is 12.4. The topological polar surface area (TPSA) is 60.7 Å². The van der Waals surface area contributed by atoms with E-state index >= 15 is 0 Å². The number of hydrogen-bond acceptors (Lipinski definition) is 4. The van der Waals surface area contributed by atoms with Gasteiger partial charge in [-0.1, -0.05) is 42.5 Å². The average molecular weight is 401 g/mol. The second-order valence-electron chi connectivity index (χ2n) is 6.92. The average Bonchev–Trinajstić information content (AvgIpc) is 3.23. The largest absolute Gasteiger partial charge is 0.497 e. The number of hydrogen-bond donors (Lipinski definition) is 1. The van der Waals surface area contributed by atoms with Gasteiger partial charge >= 0.3 is 0 Å². The summed E-state index contributed by atoms with van der Waals surface area (Å²) >= 11 is 0. The van der Waals surface area contributed by atoms with E-state index in [-0.39, 0.29) is 5.91 Å². The zero-order valence-electron chi connectivity index (χ0n) is 17.0. The fraction of sp³-hybridized carbons (Fsp3) is 0.160. The van der Waals surface area contributed by atoms with Crippen molar-refractivity contribution in [2.24, 2.45) is 0 Å². The Hall–Kier alpha value is -3.73. The first-order valence-corrected chi connectivity index (χ1v) is 9.76. The third kappa shape index (κ3) is 4.15. The number of ether oxygens (including phenoxy) is 2. The zero-order chi connectivity index (χ0) is 20.9. The van der Waals surface area contributed by atoms with Crippen LogP contribution in [-0.2, 0) is 6.42 Å². The van der Waals surface area contributed by atoms with E-state index in [2.05, 4.69) is 29.6 Å². The molecule has 4 aromatic rings. The number of furan rings is 1. The van der Waals surface area contributed by atoms with Gasteiger partial charge in [0.05, 0.1) is 14.2 Å². The van der Waals surface area contributed by atoms with Crippen LogP contribution < -0.4 is 14.8 Å². The Morgan fingerprint density at radius 1 is 0.933 bits per heavy atom. The van der Waals surface area contributed by atoms with Crippen LogP contribution in [0, 0.1) is 0 Å². The Morgan fingerprint density at radius 2 is 1.73 bits per heavy atom. The van der Waals surface area contributed by atoms with Gasteiger partial charge in [-0.05, 0) is 47.9 Å². The van der Waals surface area contributed by atoms with E-state index in [1.807, 2.05) is 36.4 Å². The number of fused-ring (bicyclic) bond motifs is 1. The zero-order valence-corrected chi connectivity index (χ0v) is 17.0. The monoisotopic (exact) mass is 401 g/mol. The third-order valence-electron chi connectivity index (χ3n) is 5.02. The summed E-state index contributed by atoms with van der Waals surface area (Å²) in [4.78, 5) is 12.4. The molecule has 1 amide bonds. The van der Waals surface area contributed by atoms with Crippen LogP contribution in [0.25, 0.3) is 22.1 Å². The van der Waals surface area contributed by atoms with Crippen molar-refractivity contribution in [2.45, 2.75) is 6.42 Å². The molecule has 0 aliphatic carbocycles. The minimum Gasteiger partial charge on any atom is -0.497 e. The molecule has 0 saturated heterocycles. The molecular formula is C25H23NO4. The van der Waals surface area contributed by atoms with Crippen LogP contribution >= 0.6 is 0 Å². The van der Waals surface area contributed by atoms with Crippen LogP contribution in [0.2, 0.25) is 0 Å². The molecule has 152 valence electrons. The van der Waals surface area contributed by atoms with Crippen LogP contribution in [0.4, 0.5) is 0 Å². The lowest BCUT2D eigenvalue weighted by molar-refractivity contribution is 0.0928. The first-order chi connectivity index (χ1) is 14.7. The van der Waals surface area contributed by atoms with Crippen molar-refractivity contribution in [3.05, 3.63) is 84.1 Å². The number of nitrogens with one attached hydrogen (secondary N) is 1. The lowest BCUT2D eigenvalue weighted by atomic mass is 10.0. The van der Waals surface area contributed by atoms with Gasteiger partial charge in [-0.25, -0.2) is 0 Å². The highest BCUT2D eigenvalue weighted by Crippen LogP contribution is 2.29. The van der Waals surface area contributed by atoms with Gasteiger partial charge in [-0.2, -0.15) is 0 Å². The van der Waals surface area contributed by atoms with Gasteiger partial charge in [0.2, 0.25) is 0 Å². The normalized spacial score (nSPS) is 10.7. The Labute approximate surface area is 175 Å². The highest BCUT2D eigenvalue weighted by atomic mass is 16.5. The fourth-order valence-corrected chi connectivity index (χ4v) is 3.40. The van der Waals surface area contributed by atoms with E-state index in [1.165, 1.54) is 0 Å². The molecule has 5 heteroatoms. The summed E-state index contributed by atoms with van der Waals surface area (Å²) < 4.78 is 16.3. The minimum atomic E-state index is -0.226. The second-order valence-corrected chi connectivity index (χ2v) is 6.92. The quantitative estimate of drug-likeness (QED) is 0.469. The van der Waals surface area contributed by atoms with Crippen molar-refractivity contribution in [1.82, 2.24) is 5.32 Å². The van der Waals surface area contributed by atoms with Gasteiger partial charge in [0, 0.05) is 17.5 Å². The number of amides is 1. The SMILES string of the molecule is COc1ccc2oc(C(=O)NCCc3ccc(-c4ccccc4OC)cc3)cc2c1. The molecule has 1 N–H and O–H groups in total. The number of carbonyl (C=O) groups excluding carboxylic acids is 1. The van der Waals surface area contributed by atoms with Gasteiger partial charge in [0.25, 0.3) is 5.91 Å². The fourth-order valence-electron chi connectivity index (χ4n) is 3.40. The van der Waals surface area contributed by atoms with Crippen LogP contribution in [-0.4, -0.2) is 26.7 Å². The highest BCUT2D eigenvalue weighted by Gasteiger charge is 2.12. The second kappa shape index (κ2) is 8.74. The van der Waals surface area contributed by atoms with Gasteiger partial charge < -0.3 is 19.2 Å². The lowest BCUT2D eigenvalue weighted by Gasteiger charge is -2.09. The molecular weight excluding hydrogens is 378 g/mol. The molecule has 0 aliphatic rings. The smallest absolute Gasteiger partial charge is 0.287 e. The molecule has 0 unspecified atom stereocenters. The molecule has 5 nitrogen and oxygen atoms in total. The molecule has 1 aromatic heterocycles. The van der Waals surface area contributed by atoms with E-state index in [0.717, 1.165) is 40.0 Å². The Kier molecular flexibility index (Phi) is 5.70. The van der Waals surface area contributed by atoms with E-state index in [0.29, 0.717) is 17.9 Å². The summed E-state index contributed by atoms with van der Waals surface area (Å²) in [7, 11) is 3.28. The van der Waals surface area contributed by atoms with E-state index in [1.54, 1.807) is 26.4 Å². The summed E-state index contributed by atoms with van der Waals surface area (Å²) in [6.45, 7) is 0.521. The molecule has 30 heavy (non-hydrogen) atoms. The number of methoxy groups -OCH3 is 2. The highest BCUT2D eigenvalue weighted by molar-refractivity contribution is 5.96. The van der Waals surface area contributed by atoms with E-state index < -0.39 is 0 Å². The summed E-state index contributed by atoms with van der Waals surface area (Å²) in [6, 6.07) is 23.4. The molecule has 0 spiro atoms. The van der Waals surface area contributed by atoms with Crippen LogP contribution in [0.3, 0.4) is 0 Å². The number of para-hydroxylation sites is 1. The third-order valence-corrected chi connectivity index (χ3v) is 5.02. The van der Waals surface area contributed by atoms with Crippen molar-refractivity contribution < 1.29 is 18.7 Å². The van der Waals surface area contributed by atoms with Gasteiger partial charge in [0.15, 0.2) is 5.76 Å². The first kappa shape index (κ1) is 19.6. The van der Waals surface area contributed by atoms with Crippen molar-refractivity contribution in [2.75, 3.05) is 20.8 Å². The minimum absolute atomic E-state index is 0.226. The van der Waals surface area contributed by atoms with E-state index in [4.69, 9.17) is 13.9 Å². The molecule has 0 aliphatic heterocycles. The van der Waals surface area contributed by atoms with Crippen LogP contribution in [0.1, 0.15) is 16.1 Å². The molecule has 0 atom stereocenters. The summed E-state index contributed by atoms with van der Waals surface area (Å²) in [5.74, 6) is 1.65. The molecule has 3 aromatic carbocycles. The van der Waals surface area contributed by atoms with Crippen molar-refractivity contribution >= 4 is 16.9 Å². The van der Waals surface area contributed by atoms with Gasteiger partial charge in [0.1, 0.15) is 17.1 Å². The number of benzene rings is 3. The Bertz CT molecular complexity index is 1160. The Morgan fingerprint density at radius 3 is 2.50 bits per heavy atom. The lowest BCUT2D eigenvalue weighted by Crippen LogP contribution is -2.25. The molecule has 0 saturated carbocycles. The molecule has 0 radical (unpaired) electrons. The standard InChI is InChI=1S/C25H23NO4/c1-28-20-11-12-22-19(15-20)16-24(30-22)25(27)26-14-13-17-7-9-18(10-8-17)21-5-3-4-6-23(21)29-2/h3-12,15-16H,13-14H2,1-2H3,(H,26,27). The molecule has 1 heterocycles. The summed E-state index contributed by atoms with van der Waals surface area (Å²) in [5, 5.41) is 3.76. The van der Waals surface area contributed by atoms with Gasteiger partial charge in [-0.15, -0.1) is 0 Å². The molecule has 4 rings (SSSR count). The Balaban J connectivity index is 1.36. The number of carbonyl (C=O) groups is 1. The molecule has 0 fully saturated rings. The van der Waals surface area contributed by atoms with Crippen molar-refractivity contribution in [3.63, 3.8) is 0 Å².